The zero-order chi connectivity index (χ0) is 16.1. The molecule has 0 aliphatic rings. The molecule has 0 heterocycles. The molecule has 0 saturated heterocycles. The van der Waals surface area contributed by atoms with Gasteiger partial charge in [-0.05, 0) is 24.3 Å². The molecule has 0 saturated carbocycles. The van der Waals surface area contributed by atoms with Crippen LogP contribution in [0.15, 0.2) is 42.5 Å². The van der Waals surface area contributed by atoms with Gasteiger partial charge in [0.2, 0.25) is 0 Å². The summed E-state index contributed by atoms with van der Waals surface area (Å²) < 4.78 is 23.1. The maximum Gasteiger partial charge on any atom is 0.417 e. The summed E-state index contributed by atoms with van der Waals surface area (Å²) in [5, 5.41) is 12.8. The molecule has 0 unspecified atom stereocenters. The molecule has 0 aliphatic heterocycles. The van der Waals surface area contributed by atoms with Crippen molar-refractivity contribution in [2.75, 3.05) is 12.4 Å². The number of ether oxygens (including phenoxy) is 2. The van der Waals surface area contributed by atoms with Crippen LogP contribution in [-0.2, 0) is 0 Å². The number of non-ortho nitro benzene ring substituents is 1. The largest absolute Gasteiger partial charge is 0.494 e. The molecule has 0 bridgehead atoms. The van der Waals surface area contributed by atoms with E-state index < -0.39 is 16.8 Å². The van der Waals surface area contributed by atoms with Crippen molar-refractivity contribution in [2.24, 2.45) is 0 Å². The van der Waals surface area contributed by atoms with Crippen molar-refractivity contribution < 1.29 is 23.6 Å². The quantitative estimate of drug-likeness (QED) is 0.691. The third-order valence-corrected chi connectivity index (χ3v) is 2.66. The lowest BCUT2D eigenvalue weighted by Crippen LogP contribution is -2.16. The average Bonchev–Trinajstić information content (AvgIpc) is 2.48. The normalized spacial score (nSPS) is 9.91. The summed E-state index contributed by atoms with van der Waals surface area (Å²) in [4.78, 5) is 21.6. The topological polar surface area (TPSA) is 90.7 Å². The van der Waals surface area contributed by atoms with Gasteiger partial charge in [0.15, 0.2) is 11.6 Å². The molecule has 8 heteroatoms. The van der Waals surface area contributed by atoms with Gasteiger partial charge in [-0.15, -0.1) is 0 Å². The van der Waals surface area contributed by atoms with Crippen molar-refractivity contribution in [3.8, 4) is 11.5 Å². The number of anilines is 1. The maximum absolute atomic E-state index is 13.5. The summed E-state index contributed by atoms with van der Waals surface area (Å²) in [7, 11) is 1.33. The Morgan fingerprint density at radius 1 is 1.23 bits per heavy atom. The summed E-state index contributed by atoms with van der Waals surface area (Å²) in [6.07, 6.45) is -0.849. The van der Waals surface area contributed by atoms with E-state index in [1.807, 2.05) is 0 Å². The number of nitro benzene ring substituents is 1. The highest BCUT2D eigenvalue weighted by molar-refractivity contribution is 5.86. The second-order valence-corrected chi connectivity index (χ2v) is 4.11. The second-order valence-electron chi connectivity index (χ2n) is 4.11. The molecule has 2 rings (SSSR count). The van der Waals surface area contributed by atoms with Crippen molar-refractivity contribution in [2.45, 2.75) is 0 Å². The molecule has 2 aromatic rings. The van der Waals surface area contributed by atoms with E-state index in [0.29, 0.717) is 0 Å². The Morgan fingerprint density at radius 3 is 2.45 bits per heavy atom. The first kappa shape index (κ1) is 15.2. The van der Waals surface area contributed by atoms with Crippen LogP contribution in [0.25, 0.3) is 0 Å². The number of benzene rings is 2. The smallest absolute Gasteiger partial charge is 0.417 e. The standard InChI is InChI=1S/C14H11FN2O5/c1-21-13-7-2-9(8-12(13)15)16-14(18)22-11-5-3-10(4-6-11)17(19)20/h2-8H,1H3,(H,16,18). The van der Waals surface area contributed by atoms with Gasteiger partial charge in [0, 0.05) is 23.9 Å². The van der Waals surface area contributed by atoms with Crippen molar-refractivity contribution in [1.29, 1.82) is 0 Å². The predicted octanol–water partition coefficient (Wildman–Crippen LogP) is 3.35. The van der Waals surface area contributed by atoms with Gasteiger partial charge in [-0.25, -0.2) is 9.18 Å². The van der Waals surface area contributed by atoms with Crippen LogP contribution in [0, 0.1) is 15.9 Å². The van der Waals surface area contributed by atoms with Gasteiger partial charge in [-0.3, -0.25) is 15.4 Å². The van der Waals surface area contributed by atoms with Gasteiger partial charge >= 0.3 is 6.09 Å². The summed E-state index contributed by atoms with van der Waals surface area (Å²) in [6, 6.07) is 8.86. The van der Waals surface area contributed by atoms with Crippen molar-refractivity contribution >= 4 is 17.5 Å². The minimum absolute atomic E-state index is 0.0503. The number of nitrogens with one attached hydrogen (secondary N) is 1. The van der Waals surface area contributed by atoms with Crippen molar-refractivity contribution in [1.82, 2.24) is 0 Å². The monoisotopic (exact) mass is 306 g/mol. The molecule has 0 aromatic heterocycles. The van der Waals surface area contributed by atoms with Crippen molar-refractivity contribution in [3.63, 3.8) is 0 Å². The van der Waals surface area contributed by atoms with Crippen LogP contribution < -0.4 is 14.8 Å². The first-order valence-electron chi connectivity index (χ1n) is 6.06. The van der Waals surface area contributed by atoms with Gasteiger partial charge < -0.3 is 9.47 Å². The number of nitro groups is 1. The lowest BCUT2D eigenvalue weighted by atomic mass is 10.3. The van der Waals surface area contributed by atoms with Gasteiger partial charge in [0.05, 0.1) is 12.0 Å². The number of rotatable bonds is 4. The Balaban J connectivity index is 2.00. The minimum Gasteiger partial charge on any atom is -0.494 e. The molecule has 22 heavy (non-hydrogen) atoms. The molecule has 7 nitrogen and oxygen atoms in total. The second kappa shape index (κ2) is 6.53. The third kappa shape index (κ3) is 3.69. The van der Waals surface area contributed by atoms with Crippen molar-refractivity contribution in [3.05, 3.63) is 58.4 Å². The van der Waals surface area contributed by atoms with Crippen LogP contribution in [0.1, 0.15) is 0 Å². The average molecular weight is 306 g/mol. The summed E-state index contributed by atoms with van der Waals surface area (Å²) in [6.45, 7) is 0. The fourth-order valence-electron chi connectivity index (χ4n) is 1.63. The van der Waals surface area contributed by atoms with E-state index in [1.165, 1.54) is 43.5 Å². The zero-order valence-corrected chi connectivity index (χ0v) is 11.4. The van der Waals surface area contributed by atoms with E-state index in [4.69, 9.17) is 9.47 Å². The highest BCUT2D eigenvalue weighted by atomic mass is 19.1. The van der Waals surface area contributed by atoms with Gasteiger partial charge in [0.25, 0.3) is 5.69 Å². The van der Waals surface area contributed by atoms with Crippen LogP contribution in [0.4, 0.5) is 20.6 Å². The van der Waals surface area contributed by atoms with Gasteiger partial charge in [-0.2, -0.15) is 0 Å². The lowest BCUT2D eigenvalue weighted by Gasteiger charge is -2.08. The lowest BCUT2D eigenvalue weighted by molar-refractivity contribution is -0.384. The van der Waals surface area contributed by atoms with Crippen LogP contribution in [0.5, 0.6) is 11.5 Å². The molecule has 0 atom stereocenters. The molecule has 1 amide bonds. The van der Waals surface area contributed by atoms with E-state index in [-0.39, 0.29) is 22.9 Å². The van der Waals surface area contributed by atoms with E-state index in [2.05, 4.69) is 5.32 Å². The Morgan fingerprint density at radius 2 is 1.91 bits per heavy atom. The van der Waals surface area contributed by atoms with Crippen LogP contribution in [0.3, 0.4) is 0 Å². The highest BCUT2D eigenvalue weighted by Gasteiger charge is 2.10. The van der Waals surface area contributed by atoms with E-state index >= 15 is 0 Å². The van der Waals surface area contributed by atoms with Gasteiger partial charge in [-0.1, -0.05) is 0 Å². The number of carbonyl (C=O) groups is 1. The third-order valence-electron chi connectivity index (χ3n) is 2.66. The molecular weight excluding hydrogens is 295 g/mol. The Hall–Kier alpha value is -3.16. The fraction of sp³-hybridized carbons (Fsp3) is 0.0714. The molecule has 1 N–H and O–H groups in total. The SMILES string of the molecule is COc1ccc(NC(=O)Oc2ccc([N+](=O)[O-])cc2)cc1F. The zero-order valence-electron chi connectivity index (χ0n) is 11.4. The van der Waals surface area contributed by atoms with Gasteiger partial charge in [0.1, 0.15) is 5.75 Å². The summed E-state index contributed by atoms with van der Waals surface area (Å²) >= 11 is 0. The number of nitrogens with zero attached hydrogens (tertiary/aromatic N) is 1. The molecule has 0 fully saturated rings. The summed E-state index contributed by atoms with van der Waals surface area (Å²) in [5.41, 5.74) is 0.0650. The first-order chi connectivity index (χ1) is 10.5. The van der Waals surface area contributed by atoms with E-state index in [9.17, 15) is 19.3 Å². The number of hydrogen-bond acceptors (Lipinski definition) is 5. The van der Waals surface area contributed by atoms with Crippen LogP contribution in [0.2, 0.25) is 0 Å². The number of hydrogen-bond donors (Lipinski definition) is 1. The molecule has 0 aliphatic carbocycles. The predicted molar refractivity (Wildman–Crippen MR) is 75.7 cm³/mol. The number of halogens is 1. The molecular formula is C14H11FN2O5. The maximum atomic E-state index is 13.5. The molecule has 0 radical (unpaired) electrons. The molecule has 0 spiro atoms. The molecule has 114 valence electrons. The van der Waals surface area contributed by atoms with E-state index in [1.54, 1.807) is 0 Å². The highest BCUT2D eigenvalue weighted by Crippen LogP contribution is 2.21. The molecule has 2 aromatic carbocycles. The first-order valence-corrected chi connectivity index (χ1v) is 6.06. The Labute approximate surface area is 124 Å². The van der Waals surface area contributed by atoms with E-state index in [0.717, 1.165) is 6.07 Å². The number of methoxy groups -OCH3 is 1. The fourth-order valence-corrected chi connectivity index (χ4v) is 1.63. The minimum atomic E-state index is -0.849. The van der Waals surface area contributed by atoms with Crippen LogP contribution in [-0.4, -0.2) is 18.1 Å². The Bertz CT molecular complexity index is 703. The number of carbonyl (C=O) groups excluding carboxylic acids is 1. The summed E-state index contributed by atoms with van der Waals surface area (Å²) in [5.74, 6) is -0.456. The van der Waals surface area contributed by atoms with Crippen LogP contribution >= 0.6 is 0 Å². The Kier molecular flexibility index (Phi) is 4.52. The number of amides is 1.